The van der Waals surface area contributed by atoms with Crippen LogP contribution in [0.2, 0.25) is 0 Å². The highest BCUT2D eigenvalue weighted by Gasteiger charge is 2.12. The molecule has 5 heteroatoms. The third kappa shape index (κ3) is 4.21. The largest absolute Gasteiger partial charge is 0.478 e. The van der Waals surface area contributed by atoms with E-state index in [9.17, 15) is 4.79 Å². The van der Waals surface area contributed by atoms with Crippen molar-refractivity contribution >= 4 is 11.7 Å². The van der Waals surface area contributed by atoms with Crippen LogP contribution >= 0.6 is 0 Å². The Hall–Kier alpha value is -2.56. The van der Waals surface area contributed by atoms with Crippen LogP contribution in [0, 0.1) is 0 Å². The van der Waals surface area contributed by atoms with Crippen molar-refractivity contribution in [3.8, 4) is 5.88 Å². The van der Waals surface area contributed by atoms with Gasteiger partial charge in [0.25, 0.3) is 0 Å². The van der Waals surface area contributed by atoms with E-state index in [4.69, 9.17) is 10.5 Å². The van der Waals surface area contributed by atoms with Gasteiger partial charge in [0.05, 0.1) is 31.2 Å². The van der Waals surface area contributed by atoms with Crippen LogP contribution in [0.3, 0.4) is 0 Å². The fourth-order valence-corrected chi connectivity index (χ4v) is 1.91. The van der Waals surface area contributed by atoms with E-state index in [0.29, 0.717) is 12.5 Å². The van der Waals surface area contributed by atoms with E-state index in [1.807, 2.05) is 18.2 Å². The molecule has 0 amide bonds. The number of nitrogen functional groups attached to an aromatic ring is 1. The molecule has 0 saturated carbocycles. The van der Waals surface area contributed by atoms with E-state index in [2.05, 4.69) is 21.9 Å². The van der Waals surface area contributed by atoms with Crippen molar-refractivity contribution in [2.45, 2.75) is 12.8 Å². The first kappa shape index (κ1) is 14.8. The number of aryl methyl sites for hydroxylation is 1. The van der Waals surface area contributed by atoms with E-state index in [-0.39, 0.29) is 11.3 Å². The highest BCUT2D eigenvalue weighted by molar-refractivity contribution is 5.95. The van der Waals surface area contributed by atoms with Gasteiger partial charge in [-0.15, -0.1) is 0 Å². The first-order chi connectivity index (χ1) is 10.2. The number of benzene rings is 1. The second-order valence-electron chi connectivity index (χ2n) is 4.54. The van der Waals surface area contributed by atoms with E-state index in [0.717, 1.165) is 12.8 Å². The Morgan fingerprint density at radius 3 is 2.76 bits per heavy atom. The standard InChI is InChI=1S/C16H18N2O3/c1-20-16(19)13-10-15(18-11-14(13)17)21-9-5-8-12-6-3-2-4-7-12/h2-4,6-7,10-11H,5,8-9,17H2,1H3. The molecule has 1 aromatic carbocycles. The Morgan fingerprint density at radius 1 is 1.29 bits per heavy atom. The summed E-state index contributed by atoms with van der Waals surface area (Å²) in [6.45, 7) is 0.520. The second kappa shape index (κ2) is 7.28. The third-order valence-corrected chi connectivity index (χ3v) is 3.02. The maximum Gasteiger partial charge on any atom is 0.340 e. The molecule has 0 aliphatic heterocycles. The molecule has 0 atom stereocenters. The number of hydrogen-bond donors (Lipinski definition) is 1. The lowest BCUT2D eigenvalue weighted by Gasteiger charge is -2.08. The Labute approximate surface area is 123 Å². The molecule has 0 bridgehead atoms. The first-order valence-corrected chi connectivity index (χ1v) is 6.71. The predicted molar refractivity (Wildman–Crippen MR) is 80.2 cm³/mol. The lowest BCUT2D eigenvalue weighted by atomic mass is 10.1. The van der Waals surface area contributed by atoms with Gasteiger partial charge in [-0.25, -0.2) is 9.78 Å². The van der Waals surface area contributed by atoms with Gasteiger partial charge in [0.15, 0.2) is 0 Å². The monoisotopic (exact) mass is 286 g/mol. The van der Waals surface area contributed by atoms with Crippen molar-refractivity contribution in [2.24, 2.45) is 0 Å². The number of rotatable bonds is 6. The van der Waals surface area contributed by atoms with E-state index in [1.165, 1.54) is 24.9 Å². The van der Waals surface area contributed by atoms with Crippen molar-refractivity contribution in [1.82, 2.24) is 4.98 Å². The molecular formula is C16H18N2O3. The summed E-state index contributed by atoms with van der Waals surface area (Å²) in [4.78, 5) is 15.6. The molecular weight excluding hydrogens is 268 g/mol. The lowest BCUT2D eigenvalue weighted by molar-refractivity contribution is 0.0601. The number of esters is 1. The quantitative estimate of drug-likeness (QED) is 0.652. The van der Waals surface area contributed by atoms with Gasteiger partial charge in [-0.2, -0.15) is 0 Å². The first-order valence-electron chi connectivity index (χ1n) is 6.71. The minimum atomic E-state index is -0.496. The van der Waals surface area contributed by atoms with Crippen molar-refractivity contribution < 1.29 is 14.3 Å². The molecule has 0 radical (unpaired) electrons. The Bertz CT molecular complexity index is 600. The van der Waals surface area contributed by atoms with Gasteiger partial charge >= 0.3 is 5.97 Å². The Balaban J connectivity index is 1.87. The predicted octanol–water partition coefficient (Wildman–Crippen LogP) is 2.46. The molecule has 5 nitrogen and oxygen atoms in total. The number of aromatic nitrogens is 1. The normalized spacial score (nSPS) is 10.1. The number of carbonyl (C=O) groups excluding carboxylic acids is 1. The van der Waals surface area contributed by atoms with Crippen LogP contribution in [0.15, 0.2) is 42.6 Å². The molecule has 110 valence electrons. The topological polar surface area (TPSA) is 74.4 Å². The molecule has 0 aliphatic carbocycles. The summed E-state index contributed by atoms with van der Waals surface area (Å²) in [5.41, 5.74) is 7.49. The van der Waals surface area contributed by atoms with Crippen LogP contribution in [0.4, 0.5) is 5.69 Å². The zero-order chi connectivity index (χ0) is 15.1. The van der Waals surface area contributed by atoms with Gasteiger partial charge in [0.2, 0.25) is 5.88 Å². The summed E-state index contributed by atoms with van der Waals surface area (Å²) in [7, 11) is 1.31. The minimum absolute atomic E-state index is 0.269. The Kier molecular flexibility index (Phi) is 5.15. The highest BCUT2D eigenvalue weighted by Crippen LogP contribution is 2.17. The molecule has 1 heterocycles. The highest BCUT2D eigenvalue weighted by atomic mass is 16.5. The zero-order valence-corrected chi connectivity index (χ0v) is 11.9. The minimum Gasteiger partial charge on any atom is -0.478 e. The molecule has 21 heavy (non-hydrogen) atoms. The summed E-state index contributed by atoms with van der Waals surface area (Å²) < 4.78 is 10.2. The van der Waals surface area contributed by atoms with E-state index in [1.54, 1.807) is 0 Å². The summed E-state index contributed by atoms with van der Waals surface area (Å²) >= 11 is 0. The van der Waals surface area contributed by atoms with Crippen molar-refractivity contribution in [2.75, 3.05) is 19.5 Å². The number of anilines is 1. The molecule has 1 aromatic heterocycles. The number of hydrogen-bond acceptors (Lipinski definition) is 5. The van der Waals surface area contributed by atoms with Crippen LogP contribution in [0.5, 0.6) is 5.88 Å². The summed E-state index contributed by atoms with van der Waals surface area (Å²) in [5.74, 6) is -0.123. The number of nitrogens with two attached hydrogens (primary N) is 1. The average molecular weight is 286 g/mol. The average Bonchev–Trinajstić information content (AvgIpc) is 2.53. The van der Waals surface area contributed by atoms with Gasteiger partial charge in [-0.3, -0.25) is 0 Å². The lowest BCUT2D eigenvalue weighted by Crippen LogP contribution is -2.08. The van der Waals surface area contributed by atoms with Crippen molar-refractivity contribution in [1.29, 1.82) is 0 Å². The van der Waals surface area contributed by atoms with E-state index >= 15 is 0 Å². The smallest absolute Gasteiger partial charge is 0.340 e. The van der Waals surface area contributed by atoms with Gasteiger partial charge in [-0.1, -0.05) is 30.3 Å². The Morgan fingerprint density at radius 2 is 2.05 bits per heavy atom. The van der Waals surface area contributed by atoms with Crippen molar-refractivity contribution in [3.63, 3.8) is 0 Å². The molecule has 0 aliphatic rings. The van der Waals surface area contributed by atoms with Gasteiger partial charge < -0.3 is 15.2 Å². The summed E-state index contributed by atoms with van der Waals surface area (Å²) in [5, 5.41) is 0. The SMILES string of the molecule is COC(=O)c1cc(OCCCc2ccccc2)ncc1N. The molecule has 2 rings (SSSR count). The maximum absolute atomic E-state index is 11.5. The molecule has 0 saturated heterocycles. The molecule has 2 aromatic rings. The molecule has 0 spiro atoms. The number of ether oxygens (including phenoxy) is 2. The van der Waals surface area contributed by atoms with Gasteiger partial charge in [0.1, 0.15) is 0 Å². The summed E-state index contributed by atoms with van der Waals surface area (Å²) in [6, 6.07) is 11.7. The fraction of sp³-hybridized carbons (Fsp3) is 0.250. The van der Waals surface area contributed by atoms with Crippen LogP contribution in [-0.4, -0.2) is 24.7 Å². The third-order valence-electron chi connectivity index (χ3n) is 3.02. The van der Waals surface area contributed by atoms with E-state index < -0.39 is 5.97 Å². The molecule has 0 unspecified atom stereocenters. The fourth-order valence-electron chi connectivity index (χ4n) is 1.91. The van der Waals surface area contributed by atoms with Crippen LogP contribution in [0.25, 0.3) is 0 Å². The van der Waals surface area contributed by atoms with Crippen LogP contribution < -0.4 is 10.5 Å². The number of pyridine rings is 1. The maximum atomic E-state index is 11.5. The second-order valence-corrected chi connectivity index (χ2v) is 4.54. The van der Waals surface area contributed by atoms with Crippen LogP contribution in [0.1, 0.15) is 22.3 Å². The number of nitrogens with zero attached hydrogens (tertiary/aromatic N) is 1. The zero-order valence-electron chi connectivity index (χ0n) is 11.9. The van der Waals surface area contributed by atoms with Crippen molar-refractivity contribution in [3.05, 3.63) is 53.7 Å². The number of methoxy groups -OCH3 is 1. The van der Waals surface area contributed by atoms with Gasteiger partial charge in [-0.05, 0) is 18.4 Å². The molecule has 0 fully saturated rings. The number of carbonyl (C=O) groups is 1. The molecule has 2 N–H and O–H groups in total. The van der Waals surface area contributed by atoms with Crippen LogP contribution in [-0.2, 0) is 11.2 Å². The van der Waals surface area contributed by atoms with Gasteiger partial charge in [0, 0.05) is 6.07 Å². The summed E-state index contributed by atoms with van der Waals surface area (Å²) in [6.07, 6.45) is 3.20.